The van der Waals surface area contributed by atoms with Crippen molar-refractivity contribution < 1.29 is 23.9 Å². The molecule has 2 fully saturated rings. The van der Waals surface area contributed by atoms with Gasteiger partial charge in [-0.3, -0.25) is 19.7 Å². The smallest absolute Gasteiger partial charge is 0.290 e. The molecule has 8 heteroatoms. The maximum Gasteiger partial charge on any atom is 0.290 e. The Bertz CT molecular complexity index is 815. The first kappa shape index (κ1) is 20.3. The minimum atomic E-state index is -0.625. The van der Waals surface area contributed by atoms with E-state index in [1.54, 1.807) is 31.2 Å². The minimum Gasteiger partial charge on any atom is -0.493 e. The van der Waals surface area contributed by atoms with E-state index in [1.165, 1.54) is 7.11 Å². The Morgan fingerprint density at radius 2 is 2.00 bits per heavy atom. The number of carbonyl (C=O) groups excluding carboxylic acids is 3. The zero-order valence-electron chi connectivity index (χ0n) is 16.2. The Balaban J connectivity index is 1.70. The normalized spacial score (nSPS) is 20.2. The first-order chi connectivity index (χ1) is 13.4. The van der Waals surface area contributed by atoms with Crippen LogP contribution in [-0.4, -0.2) is 48.3 Å². The average molecular weight is 404 g/mol. The lowest BCUT2D eigenvalue weighted by Crippen LogP contribution is -2.44. The van der Waals surface area contributed by atoms with Gasteiger partial charge in [0.25, 0.3) is 17.1 Å². The molecule has 2 heterocycles. The van der Waals surface area contributed by atoms with Gasteiger partial charge in [-0.25, -0.2) is 0 Å². The Morgan fingerprint density at radius 3 is 2.61 bits per heavy atom. The van der Waals surface area contributed by atoms with Crippen LogP contribution in [0, 0.1) is 5.92 Å². The van der Waals surface area contributed by atoms with Crippen LogP contribution >= 0.6 is 11.8 Å². The number of thioether (sulfide) groups is 1. The SMILES string of the molecule is COc1cc(/C=C2\SC(=O)NC2=O)ccc1O[C@@H](C)C(=O)N1CCC(C)CC1. The number of piperidine rings is 1. The molecule has 0 unspecified atom stereocenters. The van der Waals surface area contributed by atoms with E-state index < -0.39 is 12.0 Å². The highest BCUT2D eigenvalue weighted by molar-refractivity contribution is 8.18. The predicted molar refractivity (Wildman–Crippen MR) is 107 cm³/mol. The van der Waals surface area contributed by atoms with Gasteiger partial charge in [-0.15, -0.1) is 0 Å². The molecule has 0 bridgehead atoms. The van der Waals surface area contributed by atoms with E-state index in [4.69, 9.17) is 9.47 Å². The van der Waals surface area contributed by atoms with Crippen molar-refractivity contribution in [3.8, 4) is 11.5 Å². The number of rotatable bonds is 5. The second-order valence-electron chi connectivity index (χ2n) is 7.03. The highest BCUT2D eigenvalue weighted by atomic mass is 32.2. The number of methoxy groups -OCH3 is 1. The molecule has 2 aliphatic heterocycles. The summed E-state index contributed by atoms with van der Waals surface area (Å²) in [6.45, 7) is 5.46. The van der Waals surface area contributed by atoms with Crippen molar-refractivity contribution in [1.82, 2.24) is 10.2 Å². The number of ether oxygens (including phenoxy) is 2. The summed E-state index contributed by atoms with van der Waals surface area (Å²) < 4.78 is 11.3. The van der Waals surface area contributed by atoms with Gasteiger partial charge in [0.2, 0.25) is 0 Å². The summed E-state index contributed by atoms with van der Waals surface area (Å²) in [6, 6.07) is 5.16. The van der Waals surface area contributed by atoms with E-state index in [-0.39, 0.29) is 11.1 Å². The quantitative estimate of drug-likeness (QED) is 0.760. The molecule has 1 aromatic carbocycles. The summed E-state index contributed by atoms with van der Waals surface area (Å²) in [5.74, 6) is 1.12. The third-order valence-electron chi connectivity index (χ3n) is 4.87. The van der Waals surface area contributed by atoms with Crippen LogP contribution in [0.3, 0.4) is 0 Å². The molecule has 2 aliphatic rings. The topological polar surface area (TPSA) is 84.9 Å². The number of carbonyl (C=O) groups is 3. The highest BCUT2D eigenvalue weighted by Crippen LogP contribution is 2.32. The van der Waals surface area contributed by atoms with E-state index in [9.17, 15) is 14.4 Å². The average Bonchev–Trinajstić information content (AvgIpc) is 2.99. The molecular formula is C20H24N2O5S. The second-order valence-corrected chi connectivity index (χ2v) is 8.05. The molecule has 150 valence electrons. The zero-order valence-corrected chi connectivity index (χ0v) is 17.0. The van der Waals surface area contributed by atoms with Gasteiger partial charge in [0.15, 0.2) is 17.6 Å². The van der Waals surface area contributed by atoms with Crippen molar-refractivity contribution in [3.63, 3.8) is 0 Å². The van der Waals surface area contributed by atoms with E-state index in [1.807, 2.05) is 4.90 Å². The number of imide groups is 1. The Labute approximate surface area is 168 Å². The molecule has 0 saturated carbocycles. The number of nitrogens with zero attached hydrogens (tertiary/aromatic N) is 1. The summed E-state index contributed by atoms with van der Waals surface area (Å²) in [5.41, 5.74) is 0.695. The Kier molecular flexibility index (Phi) is 6.28. The lowest BCUT2D eigenvalue weighted by molar-refractivity contribution is -0.139. The summed E-state index contributed by atoms with van der Waals surface area (Å²) in [5, 5.41) is 1.83. The van der Waals surface area contributed by atoms with Crippen molar-refractivity contribution >= 4 is 34.9 Å². The number of nitrogens with one attached hydrogen (secondary N) is 1. The lowest BCUT2D eigenvalue weighted by Gasteiger charge is -2.32. The summed E-state index contributed by atoms with van der Waals surface area (Å²) >= 11 is 0.856. The fourth-order valence-electron chi connectivity index (χ4n) is 3.17. The fourth-order valence-corrected chi connectivity index (χ4v) is 3.85. The van der Waals surface area contributed by atoms with Crippen LogP contribution in [0.25, 0.3) is 6.08 Å². The highest BCUT2D eigenvalue weighted by Gasteiger charge is 2.27. The van der Waals surface area contributed by atoms with Gasteiger partial charge in [-0.05, 0) is 61.2 Å². The van der Waals surface area contributed by atoms with Gasteiger partial charge >= 0.3 is 0 Å². The van der Waals surface area contributed by atoms with Crippen LogP contribution in [0.1, 0.15) is 32.3 Å². The molecule has 7 nitrogen and oxygen atoms in total. The van der Waals surface area contributed by atoms with Gasteiger partial charge in [-0.1, -0.05) is 13.0 Å². The second kappa shape index (κ2) is 8.68. The molecule has 0 spiro atoms. The van der Waals surface area contributed by atoms with Gasteiger partial charge in [0.1, 0.15) is 0 Å². The van der Waals surface area contributed by atoms with Crippen LogP contribution in [0.4, 0.5) is 4.79 Å². The van der Waals surface area contributed by atoms with Crippen molar-refractivity contribution in [2.45, 2.75) is 32.8 Å². The van der Waals surface area contributed by atoms with E-state index in [0.717, 1.165) is 37.7 Å². The third-order valence-corrected chi connectivity index (χ3v) is 5.68. The molecule has 2 saturated heterocycles. The summed E-state index contributed by atoms with van der Waals surface area (Å²) in [7, 11) is 1.51. The lowest BCUT2D eigenvalue weighted by atomic mass is 9.99. The van der Waals surface area contributed by atoms with Crippen LogP contribution in [-0.2, 0) is 9.59 Å². The number of hydrogen-bond donors (Lipinski definition) is 1. The number of hydrogen-bond acceptors (Lipinski definition) is 6. The monoisotopic (exact) mass is 404 g/mol. The maximum atomic E-state index is 12.6. The van der Waals surface area contributed by atoms with Crippen molar-refractivity contribution in [2.24, 2.45) is 5.92 Å². The van der Waals surface area contributed by atoms with Crippen LogP contribution < -0.4 is 14.8 Å². The van der Waals surface area contributed by atoms with E-state index >= 15 is 0 Å². The summed E-state index contributed by atoms with van der Waals surface area (Å²) in [6.07, 6.45) is 3.01. The molecule has 3 amide bonds. The summed E-state index contributed by atoms with van der Waals surface area (Å²) in [4.78, 5) is 37.8. The van der Waals surface area contributed by atoms with Crippen LogP contribution in [0.2, 0.25) is 0 Å². The number of amides is 3. The van der Waals surface area contributed by atoms with E-state index in [2.05, 4.69) is 12.2 Å². The maximum absolute atomic E-state index is 12.6. The molecule has 1 N–H and O–H groups in total. The molecule has 1 atom stereocenters. The van der Waals surface area contributed by atoms with Crippen molar-refractivity contribution in [3.05, 3.63) is 28.7 Å². The van der Waals surface area contributed by atoms with Gasteiger partial charge in [-0.2, -0.15) is 0 Å². The minimum absolute atomic E-state index is 0.0299. The molecule has 3 rings (SSSR count). The first-order valence-corrected chi connectivity index (χ1v) is 10.1. The standard InChI is InChI=1S/C20H24N2O5S/c1-12-6-8-22(9-7-12)19(24)13(2)27-15-5-4-14(10-16(15)26-3)11-17-18(23)21-20(25)28-17/h4-5,10-13H,6-9H2,1-3H3,(H,21,23,25)/b17-11-/t13-/m0/s1. The van der Waals surface area contributed by atoms with E-state index in [0.29, 0.717) is 27.9 Å². The first-order valence-electron chi connectivity index (χ1n) is 9.25. The zero-order chi connectivity index (χ0) is 20.3. The molecule has 1 aromatic rings. The molecular weight excluding hydrogens is 380 g/mol. The van der Waals surface area contributed by atoms with Gasteiger partial charge < -0.3 is 14.4 Å². The van der Waals surface area contributed by atoms with Crippen molar-refractivity contribution in [1.29, 1.82) is 0 Å². The number of likely N-dealkylation sites (tertiary alicyclic amines) is 1. The molecule has 0 radical (unpaired) electrons. The Morgan fingerprint density at radius 1 is 1.29 bits per heavy atom. The fraction of sp³-hybridized carbons (Fsp3) is 0.450. The van der Waals surface area contributed by atoms with Gasteiger partial charge in [0, 0.05) is 13.1 Å². The van der Waals surface area contributed by atoms with Crippen LogP contribution in [0.15, 0.2) is 23.1 Å². The molecule has 0 aromatic heterocycles. The van der Waals surface area contributed by atoms with Crippen molar-refractivity contribution in [2.75, 3.05) is 20.2 Å². The van der Waals surface area contributed by atoms with Crippen LogP contribution in [0.5, 0.6) is 11.5 Å². The number of benzene rings is 1. The Hall–Kier alpha value is -2.48. The molecule has 28 heavy (non-hydrogen) atoms. The predicted octanol–water partition coefficient (Wildman–Crippen LogP) is 3.04. The third kappa shape index (κ3) is 4.67. The molecule has 0 aliphatic carbocycles. The largest absolute Gasteiger partial charge is 0.493 e. The van der Waals surface area contributed by atoms with Gasteiger partial charge in [0.05, 0.1) is 12.0 Å².